The highest BCUT2D eigenvalue weighted by Gasteiger charge is 2.13. The van der Waals surface area contributed by atoms with Crippen molar-refractivity contribution in [1.82, 2.24) is 0 Å². The molecule has 0 aliphatic rings. The predicted molar refractivity (Wildman–Crippen MR) is 62.5 cm³/mol. The number of halogens is 2. The zero-order valence-electron chi connectivity index (χ0n) is 8.45. The molecular formula is C11H14Cl2O2. The second-order valence-corrected chi connectivity index (χ2v) is 4.36. The molecule has 0 aliphatic carbocycles. The van der Waals surface area contributed by atoms with E-state index in [0.717, 1.165) is 5.56 Å². The summed E-state index contributed by atoms with van der Waals surface area (Å²) in [5.41, 5.74) is 0.820. The van der Waals surface area contributed by atoms with Crippen LogP contribution in [0.1, 0.15) is 18.9 Å². The lowest BCUT2D eigenvalue weighted by atomic mass is 10.0. The average molecular weight is 249 g/mol. The average Bonchev–Trinajstić information content (AvgIpc) is 2.16. The summed E-state index contributed by atoms with van der Waals surface area (Å²) in [6, 6.07) is 5.30. The zero-order valence-corrected chi connectivity index (χ0v) is 9.96. The van der Waals surface area contributed by atoms with Crippen LogP contribution in [0.3, 0.4) is 0 Å². The van der Waals surface area contributed by atoms with E-state index in [4.69, 9.17) is 28.3 Å². The van der Waals surface area contributed by atoms with E-state index in [0.29, 0.717) is 22.9 Å². The molecule has 2 nitrogen and oxygen atoms in total. The van der Waals surface area contributed by atoms with Gasteiger partial charge < -0.3 is 10.2 Å². The number of aliphatic hydroxyl groups excluding tert-OH is 2. The highest BCUT2D eigenvalue weighted by Crippen LogP contribution is 2.26. The number of hydrogen-bond acceptors (Lipinski definition) is 2. The van der Waals surface area contributed by atoms with Gasteiger partial charge in [0.1, 0.15) is 0 Å². The molecule has 0 aliphatic heterocycles. The van der Waals surface area contributed by atoms with E-state index in [1.54, 1.807) is 25.1 Å². The Morgan fingerprint density at radius 2 is 1.73 bits per heavy atom. The van der Waals surface area contributed by atoms with Crippen LogP contribution in [0, 0.1) is 0 Å². The molecule has 1 rings (SSSR count). The highest BCUT2D eigenvalue weighted by atomic mass is 35.5. The Labute approximate surface area is 99.5 Å². The van der Waals surface area contributed by atoms with E-state index in [-0.39, 0.29) is 0 Å². The van der Waals surface area contributed by atoms with Gasteiger partial charge in [-0.25, -0.2) is 0 Å². The Bertz CT molecular complexity index is 306. The Morgan fingerprint density at radius 3 is 2.20 bits per heavy atom. The second kappa shape index (κ2) is 5.71. The molecule has 2 atom stereocenters. The van der Waals surface area contributed by atoms with Crippen LogP contribution in [-0.4, -0.2) is 22.4 Å². The number of benzene rings is 1. The van der Waals surface area contributed by atoms with E-state index in [2.05, 4.69) is 0 Å². The fraction of sp³-hybridized carbons (Fsp3) is 0.455. The molecule has 0 heterocycles. The van der Waals surface area contributed by atoms with Gasteiger partial charge in [-0.2, -0.15) is 0 Å². The van der Waals surface area contributed by atoms with Crippen LogP contribution in [0.4, 0.5) is 0 Å². The number of hydrogen-bond donors (Lipinski definition) is 2. The summed E-state index contributed by atoms with van der Waals surface area (Å²) in [4.78, 5) is 0. The Kier molecular flexibility index (Phi) is 4.87. The SMILES string of the molecule is CC(O)C(O)CCc1c(Cl)cccc1Cl. The Balaban J connectivity index is 2.65. The first kappa shape index (κ1) is 12.8. The van der Waals surface area contributed by atoms with Gasteiger partial charge in [-0.05, 0) is 37.5 Å². The highest BCUT2D eigenvalue weighted by molar-refractivity contribution is 6.35. The van der Waals surface area contributed by atoms with Gasteiger partial charge in [0.15, 0.2) is 0 Å². The van der Waals surface area contributed by atoms with Crippen LogP contribution in [0.5, 0.6) is 0 Å². The second-order valence-electron chi connectivity index (χ2n) is 3.55. The third kappa shape index (κ3) is 3.65. The summed E-state index contributed by atoms with van der Waals surface area (Å²) in [7, 11) is 0. The summed E-state index contributed by atoms with van der Waals surface area (Å²) in [6.07, 6.45) is -0.463. The van der Waals surface area contributed by atoms with E-state index in [9.17, 15) is 5.11 Å². The Morgan fingerprint density at radius 1 is 1.20 bits per heavy atom. The molecule has 0 amide bonds. The van der Waals surface area contributed by atoms with Crippen molar-refractivity contribution in [2.75, 3.05) is 0 Å². The normalized spacial score (nSPS) is 15.0. The maximum atomic E-state index is 9.43. The van der Waals surface area contributed by atoms with Crippen LogP contribution in [-0.2, 0) is 6.42 Å². The topological polar surface area (TPSA) is 40.5 Å². The summed E-state index contributed by atoms with van der Waals surface area (Å²) < 4.78 is 0. The maximum absolute atomic E-state index is 9.43. The lowest BCUT2D eigenvalue weighted by Gasteiger charge is -2.14. The molecule has 0 saturated heterocycles. The Hall–Kier alpha value is -0.280. The van der Waals surface area contributed by atoms with Crippen molar-refractivity contribution in [3.8, 4) is 0 Å². The molecule has 15 heavy (non-hydrogen) atoms. The minimum absolute atomic E-state index is 0.446. The van der Waals surface area contributed by atoms with Crippen molar-refractivity contribution in [2.24, 2.45) is 0 Å². The van der Waals surface area contributed by atoms with Crippen LogP contribution in [0.2, 0.25) is 10.0 Å². The van der Waals surface area contributed by atoms with Crippen molar-refractivity contribution >= 4 is 23.2 Å². The quantitative estimate of drug-likeness (QED) is 0.861. The molecule has 0 saturated carbocycles. The largest absolute Gasteiger partial charge is 0.391 e. The maximum Gasteiger partial charge on any atom is 0.0799 e. The third-order valence-electron chi connectivity index (χ3n) is 2.31. The predicted octanol–water partition coefficient (Wildman–Crippen LogP) is 2.67. The van der Waals surface area contributed by atoms with Crippen molar-refractivity contribution < 1.29 is 10.2 Å². The molecule has 1 aromatic carbocycles. The molecule has 2 N–H and O–H groups in total. The van der Waals surface area contributed by atoms with E-state index < -0.39 is 12.2 Å². The minimum atomic E-state index is -0.739. The first-order valence-corrected chi connectivity index (χ1v) is 5.57. The van der Waals surface area contributed by atoms with Crippen LogP contribution in [0.15, 0.2) is 18.2 Å². The molecule has 0 spiro atoms. The van der Waals surface area contributed by atoms with E-state index >= 15 is 0 Å². The molecule has 0 fully saturated rings. The van der Waals surface area contributed by atoms with Crippen LogP contribution < -0.4 is 0 Å². The monoisotopic (exact) mass is 248 g/mol. The van der Waals surface area contributed by atoms with E-state index in [1.165, 1.54) is 0 Å². The van der Waals surface area contributed by atoms with Gasteiger partial charge in [0.05, 0.1) is 12.2 Å². The zero-order chi connectivity index (χ0) is 11.4. The molecule has 84 valence electrons. The minimum Gasteiger partial charge on any atom is -0.391 e. The van der Waals surface area contributed by atoms with Crippen LogP contribution >= 0.6 is 23.2 Å². The fourth-order valence-corrected chi connectivity index (χ4v) is 1.89. The van der Waals surface area contributed by atoms with Gasteiger partial charge in [0, 0.05) is 10.0 Å². The first-order valence-electron chi connectivity index (χ1n) is 4.81. The fourth-order valence-electron chi connectivity index (χ4n) is 1.30. The molecular weight excluding hydrogens is 235 g/mol. The molecule has 0 aromatic heterocycles. The summed E-state index contributed by atoms with van der Waals surface area (Å²) in [5, 5.41) is 19.7. The summed E-state index contributed by atoms with van der Waals surface area (Å²) >= 11 is 11.9. The van der Waals surface area contributed by atoms with Crippen molar-refractivity contribution in [3.63, 3.8) is 0 Å². The van der Waals surface area contributed by atoms with Gasteiger partial charge in [0.2, 0.25) is 0 Å². The standard InChI is InChI=1S/C11H14Cl2O2/c1-7(14)11(15)6-5-8-9(12)3-2-4-10(8)13/h2-4,7,11,14-15H,5-6H2,1H3. The van der Waals surface area contributed by atoms with Gasteiger partial charge in [0.25, 0.3) is 0 Å². The molecule has 1 aromatic rings. The van der Waals surface area contributed by atoms with Crippen molar-refractivity contribution in [3.05, 3.63) is 33.8 Å². The number of aliphatic hydroxyl groups is 2. The van der Waals surface area contributed by atoms with Crippen LogP contribution in [0.25, 0.3) is 0 Å². The van der Waals surface area contributed by atoms with Gasteiger partial charge >= 0.3 is 0 Å². The lowest BCUT2D eigenvalue weighted by Crippen LogP contribution is -2.22. The first-order chi connectivity index (χ1) is 7.02. The third-order valence-corrected chi connectivity index (χ3v) is 3.02. The summed E-state index contributed by atoms with van der Waals surface area (Å²) in [5.74, 6) is 0. The molecule has 4 heteroatoms. The van der Waals surface area contributed by atoms with Gasteiger partial charge in [-0.15, -0.1) is 0 Å². The van der Waals surface area contributed by atoms with Crippen molar-refractivity contribution in [2.45, 2.75) is 32.0 Å². The number of rotatable bonds is 4. The van der Waals surface area contributed by atoms with E-state index in [1.807, 2.05) is 0 Å². The summed E-state index contributed by atoms with van der Waals surface area (Å²) in [6.45, 7) is 1.55. The smallest absolute Gasteiger partial charge is 0.0799 e. The lowest BCUT2D eigenvalue weighted by molar-refractivity contribution is 0.0265. The molecule has 0 radical (unpaired) electrons. The molecule has 0 bridgehead atoms. The van der Waals surface area contributed by atoms with Gasteiger partial charge in [-0.3, -0.25) is 0 Å². The van der Waals surface area contributed by atoms with Crippen molar-refractivity contribution in [1.29, 1.82) is 0 Å². The molecule has 2 unspecified atom stereocenters. The van der Waals surface area contributed by atoms with Gasteiger partial charge in [-0.1, -0.05) is 29.3 Å².